The largest absolute Gasteiger partial charge is 0.366 e. The maximum Gasteiger partial charge on any atom is 0.255 e. The van der Waals surface area contributed by atoms with Gasteiger partial charge in [0.2, 0.25) is 5.91 Å². The molecule has 0 aliphatic carbocycles. The lowest BCUT2D eigenvalue weighted by Gasteiger charge is -2.30. The zero-order chi connectivity index (χ0) is 27.2. The topological polar surface area (TPSA) is 99.5 Å². The first-order valence-corrected chi connectivity index (χ1v) is 13.2. The van der Waals surface area contributed by atoms with Crippen LogP contribution < -0.4 is 21.8 Å². The Balaban J connectivity index is 0.00000235. The average Bonchev–Trinajstić information content (AvgIpc) is 3.42. The minimum atomic E-state index is -0.842. The fourth-order valence-corrected chi connectivity index (χ4v) is 4.46. The van der Waals surface area contributed by atoms with Gasteiger partial charge in [-0.1, -0.05) is 86.7 Å². The molecule has 0 spiro atoms. The molecule has 1 aliphatic rings. The third-order valence-electron chi connectivity index (χ3n) is 6.30. The third kappa shape index (κ3) is 8.30. The number of allylic oxidation sites excluding steroid dienone is 2. The number of hydrazine groups is 1. The first kappa shape index (κ1) is 29.8. The van der Waals surface area contributed by atoms with Crippen molar-refractivity contribution in [3.63, 3.8) is 0 Å². The first-order valence-electron chi connectivity index (χ1n) is 13.2. The molecule has 7 nitrogen and oxygen atoms in total. The van der Waals surface area contributed by atoms with Gasteiger partial charge < -0.3 is 16.4 Å². The fraction of sp³-hybridized carbons (Fsp3) is 0.400. The van der Waals surface area contributed by atoms with Gasteiger partial charge in [0.15, 0.2) is 0 Å². The normalized spacial score (nSPS) is 15.3. The Morgan fingerprint density at radius 1 is 1.08 bits per heavy atom. The number of amides is 2. The molecule has 37 heavy (non-hydrogen) atoms. The summed E-state index contributed by atoms with van der Waals surface area (Å²) < 4.78 is 0. The van der Waals surface area contributed by atoms with Crippen molar-refractivity contribution < 1.29 is 9.59 Å². The molecule has 0 aromatic heterocycles. The average molecular weight is 506 g/mol. The molecule has 1 unspecified atom stereocenters. The van der Waals surface area contributed by atoms with Crippen molar-refractivity contribution in [3.8, 4) is 0 Å². The lowest BCUT2D eigenvalue weighted by Crippen LogP contribution is -2.56. The second-order valence-corrected chi connectivity index (χ2v) is 8.97. The molecular weight excluding hydrogens is 462 g/mol. The molecule has 3 rings (SSSR count). The highest BCUT2D eigenvalue weighted by Crippen LogP contribution is 2.28. The highest BCUT2D eigenvalue weighted by atomic mass is 16.2. The second kappa shape index (κ2) is 15.6. The van der Waals surface area contributed by atoms with Crippen LogP contribution in [-0.4, -0.2) is 42.0 Å². The van der Waals surface area contributed by atoms with Crippen molar-refractivity contribution in [3.05, 3.63) is 95.8 Å². The lowest BCUT2D eigenvalue weighted by atomic mass is 9.85. The van der Waals surface area contributed by atoms with Crippen LogP contribution in [-0.2, 0) is 9.59 Å². The van der Waals surface area contributed by atoms with E-state index in [9.17, 15) is 9.59 Å². The molecule has 1 heterocycles. The van der Waals surface area contributed by atoms with Crippen molar-refractivity contribution in [2.24, 2.45) is 5.73 Å². The smallest absolute Gasteiger partial charge is 0.255 e. The Kier molecular flexibility index (Phi) is 12.6. The van der Waals surface area contributed by atoms with E-state index in [4.69, 9.17) is 5.73 Å². The van der Waals surface area contributed by atoms with Gasteiger partial charge in [0.05, 0.1) is 6.04 Å². The highest BCUT2D eigenvalue weighted by Gasteiger charge is 2.39. The Morgan fingerprint density at radius 3 is 2.16 bits per heavy atom. The van der Waals surface area contributed by atoms with Gasteiger partial charge in [-0.3, -0.25) is 14.6 Å². The lowest BCUT2D eigenvalue weighted by molar-refractivity contribution is -0.142. The zero-order valence-electron chi connectivity index (χ0n) is 22.7. The van der Waals surface area contributed by atoms with Crippen LogP contribution in [0.3, 0.4) is 0 Å². The van der Waals surface area contributed by atoms with Gasteiger partial charge in [0.25, 0.3) is 5.91 Å². The van der Waals surface area contributed by atoms with Gasteiger partial charge in [-0.05, 0) is 50.4 Å². The molecule has 5 N–H and O–H groups in total. The summed E-state index contributed by atoms with van der Waals surface area (Å²) in [6.45, 7) is 12.9. The summed E-state index contributed by atoms with van der Waals surface area (Å²) in [5.74, 6) is -0.778. The van der Waals surface area contributed by atoms with Gasteiger partial charge in [-0.15, -0.1) is 0 Å². The maximum atomic E-state index is 13.5. The van der Waals surface area contributed by atoms with Gasteiger partial charge >= 0.3 is 0 Å². The summed E-state index contributed by atoms with van der Waals surface area (Å²) in [7, 11) is 0. The van der Waals surface area contributed by atoms with E-state index < -0.39 is 12.1 Å². The molecule has 0 radical (unpaired) electrons. The maximum absolute atomic E-state index is 13.5. The van der Waals surface area contributed by atoms with Crippen LogP contribution in [0.5, 0.6) is 0 Å². The van der Waals surface area contributed by atoms with Crippen LogP contribution in [0.2, 0.25) is 0 Å². The Morgan fingerprint density at radius 2 is 1.65 bits per heavy atom. The van der Waals surface area contributed by atoms with E-state index in [2.05, 4.69) is 22.6 Å². The molecule has 1 aliphatic heterocycles. The molecular formula is C30H43N5O2. The molecule has 1 saturated heterocycles. The molecule has 2 aromatic rings. The second-order valence-electron chi connectivity index (χ2n) is 8.97. The SMILES string of the molecule is C=CNC(CCCNC(=O)C1CCNN1C(=O)[C@H](N)C(c1ccccc1)c1ccccc1)=C(C)C.CC. The summed E-state index contributed by atoms with van der Waals surface area (Å²) in [6, 6.07) is 18.1. The molecule has 200 valence electrons. The van der Waals surface area contributed by atoms with Crippen molar-refractivity contribution in [1.29, 1.82) is 0 Å². The standard InChI is InChI=1S/C28H37N5O2.C2H6/c1-4-30-23(20(2)3)16-11-18-31-27(34)24-17-19-32-33(24)28(35)26(29)25(21-12-7-5-8-13-21)22-14-9-6-10-15-22;1-2/h4-10,12-15,24-26,30,32H,1,11,16-19,29H2,2-3H3,(H,31,34);1-2H3/t24?,26-;/m1./s1. The molecule has 1 fully saturated rings. The number of carbonyl (C=O) groups excluding carboxylic acids is 2. The van der Waals surface area contributed by atoms with Crippen molar-refractivity contribution in [1.82, 2.24) is 21.1 Å². The molecule has 2 aromatic carbocycles. The number of nitrogens with one attached hydrogen (secondary N) is 3. The third-order valence-corrected chi connectivity index (χ3v) is 6.30. The predicted molar refractivity (Wildman–Crippen MR) is 151 cm³/mol. The summed E-state index contributed by atoms with van der Waals surface area (Å²) in [4.78, 5) is 26.5. The van der Waals surface area contributed by atoms with E-state index in [0.717, 1.165) is 29.7 Å². The summed E-state index contributed by atoms with van der Waals surface area (Å²) in [5.41, 5.74) is 13.9. The number of nitrogens with zero attached hydrogens (tertiary/aromatic N) is 1. The Labute approximate surface area is 222 Å². The quantitative estimate of drug-likeness (QED) is 0.343. The van der Waals surface area contributed by atoms with E-state index in [-0.39, 0.29) is 17.7 Å². The van der Waals surface area contributed by atoms with Crippen molar-refractivity contribution in [2.75, 3.05) is 13.1 Å². The molecule has 2 amide bonds. The number of benzene rings is 2. The summed E-state index contributed by atoms with van der Waals surface area (Å²) in [6.07, 6.45) is 3.80. The minimum Gasteiger partial charge on any atom is -0.366 e. The van der Waals surface area contributed by atoms with Gasteiger partial charge in [0.1, 0.15) is 6.04 Å². The Bertz CT molecular complexity index is 979. The number of carbonyl (C=O) groups is 2. The van der Waals surface area contributed by atoms with E-state index in [1.165, 1.54) is 10.6 Å². The van der Waals surface area contributed by atoms with E-state index in [1.807, 2.05) is 88.4 Å². The van der Waals surface area contributed by atoms with E-state index in [1.54, 1.807) is 6.20 Å². The first-order chi connectivity index (χ1) is 17.9. The van der Waals surface area contributed by atoms with Crippen LogP contribution in [0.15, 0.2) is 84.7 Å². The zero-order valence-corrected chi connectivity index (χ0v) is 22.7. The summed E-state index contributed by atoms with van der Waals surface area (Å²) >= 11 is 0. The fourth-order valence-electron chi connectivity index (χ4n) is 4.46. The van der Waals surface area contributed by atoms with Crippen LogP contribution in [0.4, 0.5) is 0 Å². The van der Waals surface area contributed by atoms with Gasteiger partial charge in [0, 0.05) is 24.7 Å². The molecule has 7 heteroatoms. The number of hydrogen-bond acceptors (Lipinski definition) is 5. The monoisotopic (exact) mass is 505 g/mol. The van der Waals surface area contributed by atoms with E-state index in [0.29, 0.717) is 19.5 Å². The van der Waals surface area contributed by atoms with Crippen LogP contribution in [0, 0.1) is 0 Å². The van der Waals surface area contributed by atoms with Crippen LogP contribution >= 0.6 is 0 Å². The van der Waals surface area contributed by atoms with Crippen LogP contribution in [0.1, 0.15) is 64.0 Å². The van der Waals surface area contributed by atoms with Crippen molar-refractivity contribution >= 4 is 11.8 Å². The minimum absolute atomic E-state index is 0.165. The number of rotatable bonds is 11. The molecule has 0 bridgehead atoms. The molecule has 2 atom stereocenters. The predicted octanol–water partition coefficient (Wildman–Crippen LogP) is 4.20. The van der Waals surface area contributed by atoms with Crippen molar-refractivity contribution in [2.45, 2.75) is 65.0 Å². The number of hydrogen-bond donors (Lipinski definition) is 4. The van der Waals surface area contributed by atoms with Crippen LogP contribution in [0.25, 0.3) is 0 Å². The van der Waals surface area contributed by atoms with Gasteiger partial charge in [-0.25, -0.2) is 5.43 Å². The molecule has 0 saturated carbocycles. The van der Waals surface area contributed by atoms with Gasteiger partial charge in [-0.2, -0.15) is 0 Å². The van der Waals surface area contributed by atoms with E-state index >= 15 is 0 Å². The summed E-state index contributed by atoms with van der Waals surface area (Å²) in [5, 5.41) is 7.57. The number of nitrogens with two attached hydrogens (primary N) is 1. The Hall–Kier alpha value is -3.42. The highest BCUT2D eigenvalue weighted by molar-refractivity contribution is 5.90.